The van der Waals surface area contributed by atoms with Crippen molar-refractivity contribution >= 4 is 0 Å². The minimum atomic E-state index is -2.42. The first-order valence-corrected chi connectivity index (χ1v) is 12.7. The van der Waals surface area contributed by atoms with Gasteiger partial charge in [-0.05, 0) is 73.7 Å². The molecule has 4 rings (SSSR count). The summed E-state index contributed by atoms with van der Waals surface area (Å²) in [5, 5.41) is 20.3. The van der Waals surface area contributed by atoms with Crippen LogP contribution in [-0.2, 0) is 4.74 Å². The van der Waals surface area contributed by atoms with E-state index in [0.29, 0.717) is 49.3 Å². The summed E-state index contributed by atoms with van der Waals surface area (Å²) in [6.45, 7) is 10.9. The quantitative estimate of drug-likeness (QED) is 0.577. The number of allylic oxidation sites excluding steroid dienone is 3. The van der Waals surface area contributed by atoms with Crippen LogP contribution < -0.4 is 0 Å². The molecule has 4 fully saturated rings. The maximum absolute atomic E-state index is 13.1. The van der Waals surface area contributed by atoms with Crippen LogP contribution >= 0.6 is 0 Å². The predicted octanol–water partition coefficient (Wildman–Crippen LogP) is 4.73. The van der Waals surface area contributed by atoms with E-state index in [1.165, 1.54) is 31.3 Å². The molecule has 7 atom stereocenters. The molecule has 0 radical (unpaired) electrons. The van der Waals surface area contributed by atoms with Gasteiger partial charge in [-0.1, -0.05) is 43.7 Å². The number of ether oxygens (including phenoxy) is 1. The standard InChI is InChI=1S/C27H41F2NO3/c1-17(15-30-11-12-33-25(16-30)26(28)29)21-8-9-22-20(5-4-10-27(21,22)3)7-6-19-13-23(31)18(2)24(32)14-19/h6-7,17,21-26,31-32H,2,4-5,8-16H2,1,3H3/b20-7+/t17?,21-,22+,23-,24-,25-,27-/m1/s1. The molecule has 1 heterocycles. The molecule has 4 aliphatic rings. The fraction of sp³-hybridized carbons (Fsp3) is 0.778. The SMILES string of the molecule is C=C1[C@H](O)CC(=C/C=C2\CCC[C@]3(C)[C@@H](C(C)CN4CCO[C@@H](C(F)F)C4)CC[C@@H]23)C[C@H]1O. The first-order chi connectivity index (χ1) is 15.7. The summed E-state index contributed by atoms with van der Waals surface area (Å²) >= 11 is 0. The molecular weight excluding hydrogens is 424 g/mol. The Labute approximate surface area is 197 Å². The zero-order valence-corrected chi connectivity index (χ0v) is 20.2. The lowest BCUT2D eigenvalue weighted by atomic mass is 9.61. The second kappa shape index (κ2) is 10.3. The number of aliphatic hydroxyl groups is 2. The second-order valence-corrected chi connectivity index (χ2v) is 11.2. The zero-order chi connectivity index (χ0) is 23.8. The van der Waals surface area contributed by atoms with Crippen molar-refractivity contribution in [1.29, 1.82) is 0 Å². The molecule has 3 aliphatic carbocycles. The number of hydrogen-bond donors (Lipinski definition) is 2. The molecule has 4 nitrogen and oxygen atoms in total. The lowest BCUT2D eigenvalue weighted by molar-refractivity contribution is -0.106. The van der Waals surface area contributed by atoms with Crippen LogP contribution in [-0.4, -0.2) is 66.1 Å². The molecule has 1 aliphatic heterocycles. The van der Waals surface area contributed by atoms with E-state index in [1.807, 2.05) is 0 Å². The predicted molar refractivity (Wildman–Crippen MR) is 126 cm³/mol. The summed E-state index contributed by atoms with van der Waals surface area (Å²) in [7, 11) is 0. The van der Waals surface area contributed by atoms with Crippen molar-refractivity contribution < 1.29 is 23.7 Å². The Bertz CT molecular complexity index is 765. The number of fused-ring (bicyclic) bond motifs is 1. The molecule has 3 saturated carbocycles. The fourth-order valence-corrected chi connectivity index (χ4v) is 7.22. The maximum atomic E-state index is 13.1. The van der Waals surface area contributed by atoms with E-state index < -0.39 is 24.7 Å². The highest BCUT2D eigenvalue weighted by Gasteiger charge is 2.50. The third-order valence-corrected chi connectivity index (χ3v) is 9.03. The number of aliphatic hydroxyl groups excluding tert-OH is 2. The molecule has 0 aromatic carbocycles. The highest BCUT2D eigenvalue weighted by molar-refractivity contribution is 5.29. The Kier molecular flexibility index (Phi) is 7.79. The highest BCUT2D eigenvalue weighted by atomic mass is 19.3. The van der Waals surface area contributed by atoms with E-state index in [1.54, 1.807) is 0 Å². The van der Waals surface area contributed by atoms with Crippen molar-refractivity contribution in [2.45, 2.75) is 83.5 Å². The molecule has 1 unspecified atom stereocenters. The molecule has 0 aromatic heterocycles. The van der Waals surface area contributed by atoms with E-state index in [-0.39, 0.29) is 5.41 Å². The molecule has 2 N–H and O–H groups in total. The summed E-state index contributed by atoms with van der Waals surface area (Å²) in [6.07, 6.45) is 6.73. The van der Waals surface area contributed by atoms with E-state index in [0.717, 1.165) is 25.1 Å². The van der Waals surface area contributed by atoms with Crippen LogP contribution in [0.3, 0.4) is 0 Å². The zero-order valence-electron chi connectivity index (χ0n) is 20.2. The number of rotatable bonds is 5. The lowest BCUT2D eigenvalue weighted by Gasteiger charge is -2.45. The first kappa shape index (κ1) is 25.0. The molecule has 6 heteroatoms. The fourth-order valence-electron chi connectivity index (χ4n) is 7.22. The van der Waals surface area contributed by atoms with Gasteiger partial charge in [-0.3, -0.25) is 4.90 Å². The smallest absolute Gasteiger partial charge is 0.265 e. The van der Waals surface area contributed by atoms with E-state index in [4.69, 9.17) is 4.74 Å². The normalized spacial score (nSPS) is 40.3. The van der Waals surface area contributed by atoms with Crippen LogP contribution in [0.2, 0.25) is 0 Å². The van der Waals surface area contributed by atoms with E-state index in [2.05, 4.69) is 37.5 Å². The van der Waals surface area contributed by atoms with Crippen LogP contribution in [0.25, 0.3) is 0 Å². The third kappa shape index (κ3) is 5.29. The summed E-state index contributed by atoms with van der Waals surface area (Å²) in [4.78, 5) is 2.18. The highest BCUT2D eigenvalue weighted by Crippen LogP contribution is 2.59. The summed E-state index contributed by atoms with van der Waals surface area (Å²) in [5.41, 5.74) is 3.36. The monoisotopic (exact) mass is 465 g/mol. The number of alkyl halides is 2. The Morgan fingerprint density at radius 3 is 2.64 bits per heavy atom. The van der Waals surface area contributed by atoms with Crippen molar-refractivity contribution in [3.8, 4) is 0 Å². The summed E-state index contributed by atoms with van der Waals surface area (Å²) < 4.78 is 31.5. The Balaban J connectivity index is 1.42. The summed E-state index contributed by atoms with van der Waals surface area (Å²) in [6, 6.07) is 0. The van der Waals surface area contributed by atoms with Gasteiger partial charge in [-0.25, -0.2) is 8.78 Å². The van der Waals surface area contributed by atoms with Crippen LogP contribution in [0.5, 0.6) is 0 Å². The van der Waals surface area contributed by atoms with Crippen molar-refractivity contribution in [3.63, 3.8) is 0 Å². The minimum Gasteiger partial charge on any atom is -0.388 e. The maximum Gasteiger partial charge on any atom is 0.265 e. The first-order valence-electron chi connectivity index (χ1n) is 12.7. The summed E-state index contributed by atoms with van der Waals surface area (Å²) in [5.74, 6) is 1.61. The topological polar surface area (TPSA) is 52.9 Å². The Morgan fingerprint density at radius 2 is 1.94 bits per heavy atom. The van der Waals surface area contributed by atoms with Gasteiger partial charge >= 0.3 is 0 Å². The second-order valence-electron chi connectivity index (χ2n) is 11.2. The van der Waals surface area contributed by atoms with Crippen molar-refractivity contribution in [3.05, 3.63) is 35.5 Å². The van der Waals surface area contributed by atoms with Crippen LogP contribution in [0.15, 0.2) is 35.5 Å². The Morgan fingerprint density at radius 1 is 1.21 bits per heavy atom. The van der Waals surface area contributed by atoms with Gasteiger partial charge in [0, 0.05) is 19.6 Å². The van der Waals surface area contributed by atoms with Crippen molar-refractivity contribution in [2.24, 2.45) is 23.2 Å². The largest absolute Gasteiger partial charge is 0.388 e. The number of halogens is 2. The number of hydrogen-bond acceptors (Lipinski definition) is 4. The molecule has 0 aromatic rings. The minimum absolute atomic E-state index is 0.246. The van der Waals surface area contributed by atoms with Gasteiger partial charge in [0.05, 0.1) is 18.8 Å². The molecule has 186 valence electrons. The van der Waals surface area contributed by atoms with Crippen molar-refractivity contribution in [1.82, 2.24) is 4.90 Å². The molecule has 0 amide bonds. The van der Waals surface area contributed by atoms with Gasteiger partial charge < -0.3 is 14.9 Å². The number of nitrogens with zero attached hydrogens (tertiary/aromatic N) is 1. The molecule has 33 heavy (non-hydrogen) atoms. The average Bonchev–Trinajstić information content (AvgIpc) is 3.13. The lowest BCUT2D eigenvalue weighted by Crippen LogP contribution is -2.48. The van der Waals surface area contributed by atoms with Crippen LogP contribution in [0, 0.1) is 23.2 Å². The molecule has 0 bridgehead atoms. The third-order valence-electron chi connectivity index (χ3n) is 9.03. The molecule has 1 saturated heterocycles. The average molecular weight is 466 g/mol. The van der Waals surface area contributed by atoms with Crippen LogP contribution in [0.1, 0.15) is 58.8 Å². The van der Waals surface area contributed by atoms with Gasteiger partial charge in [0.25, 0.3) is 6.43 Å². The number of morpholine rings is 1. The molecular formula is C27H41F2NO3. The van der Waals surface area contributed by atoms with Gasteiger partial charge in [-0.2, -0.15) is 0 Å². The Hall–Kier alpha value is -1.08. The van der Waals surface area contributed by atoms with Crippen LogP contribution in [0.4, 0.5) is 8.78 Å². The molecule has 0 spiro atoms. The van der Waals surface area contributed by atoms with Crippen molar-refractivity contribution in [2.75, 3.05) is 26.2 Å². The van der Waals surface area contributed by atoms with Gasteiger partial charge in [0.2, 0.25) is 0 Å². The van der Waals surface area contributed by atoms with Gasteiger partial charge in [0.1, 0.15) is 6.10 Å². The van der Waals surface area contributed by atoms with Gasteiger partial charge in [0.15, 0.2) is 0 Å². The van der Waals surface area contributed by atoms with E-state index >= 15 is 0 Å². The van der Waals surface area contributed by atoms with E-state index in [9.17, 15) is 19.0 Å². The van der Waals surface area contributed by atoms with Gasteiger partial charge in [-0.15, -0.1) is 0 Å².